The van der Waals surface area contributed by atoms with Gasteiger partial charge in [-0.3, -0.25) is 4.79 Å². The van der Waals surface area contributed by atoms with Gasteiger partial charge < -0.3 is 9.84 Å². The third kappa shape index (κ3) is 2.58. The van der Waals surface area contributed by atoms with E-state index in [1.165, 1.54) is 0 Å². The maximum atomic E-state index is 11.8. The van der Waals surface area contributed by atoms with Crippen LogP contribution in [0.5, 0.6) is 0 Å². The zero-order valence-electron chi connectivity index (χ0n) is 9.53. The second-order valence-electron chi connectivity index (χ2n) is 4.30. The maximum Gasteiger partial charge on any atom is 0.290 e. The third-order valence-electron chi connectivity index (χ3n) is 2.61. The summed E-state index contributed by atoms with van der Waals surface area (Å²) in [7, 11) is 0. The van der Waals surface area contributed by atoms with E-state index in [1.54, 1.807) is 6.07 Å². The molecule has 1 aromatic heterocycles. The molecule has 1 atom stereocenters. The molecule has 5 heteroatoms. The number of carbonyl (C=O) groups excluding carboxylic acids is 1. The lowest BCUT2D eigenvalue weighted by molar-refractivity contribution is 0.0904. The molecule has 0 saturated carbocycles. The van der Waals surface area contributed by atoms with E-state index in [-0.39, 0.29) is 17.9 Å². The van der Waals surface area contributed by atoms with Crippen molar-refractivity contribution in [1.82, 2.24) is 10.5 Å². The topological polar surface area (TPSA) is 55.1 Å². The predicted octanol–water partition coefficient (Wildman–Crippen LogP) is 2.03. The molecule has 1 aliphatic heterocycles. The van der Waals surface area contributed by atoms with Crippen LogP contribution in [-0.2, 0) is 0 Å². The van der Waals surface area contributed by atoms with E-state index < -0.39 is 0 Å². The fourth-order valence-electron chi connectivity index (χ4n) is 1.57. The predicted molar refractivity (Wildman–Crippen MR) is 63.8 cm³/mol. The molecule has 2 heterocycles. The van der Waals surface area contributed by atoms with E-state index in [4.69, 9.17) is 4.52 Å². The van der Waals surface area contributed by atoms with Crippen molar-refractivity contribution in [3.05, 3.63) is 17.5 Å². The minimum Gasteiger partial charge on any atom is -0.351 e. The van der Waals surface area contributed by atoms with Crippen LogP contribution in [0, 0.1) is 0 Å². The Morgan fingerprint density at radius 1 is 1.69 bits per heavy atom. The number of rotatable bonds is 3. The SMILES string of the molecule is CC(C)c1cc(C(=O)NC2CCSC2)on1. The lowest BCUT2D eigenvalue weighted by Gasteiger charge is -2.08. The Kier molecular flexibility index (Phi) is 3.53. The quantitative estimate of drug-likeness (QED) is 0.878. The number of amides is 1. The van der Waals surface area contributed by atoms with E-state index in [1.807, 2.05) is 25.6 Å². The molecule has 0 aliphatic carbocycles. The Morgan fingerprint density at radius 2 is 2.50 bits per heavy atom. The second-order valence-corrected chi connectivity index (χ2v) is 5.45. The van der Waals surface area contributed by atoms with E-state index >= 15 is 0 Å². The molecule has 1 saturated heterocycles. The van der Waals surface area contributed by atoms with Gasteiger partial charge in [-0.15, -0.1) is 0 Å². The molecule has 0 spiro atoms. The number of aromatic nitrogens is 1. The lowest BCUT2D eigenvalue weighted by atomic mass is 10.1. The Bertz CT molecular complexity index is 370. The highest BCUT2D eigenvalue weighted by molar-refractivity contribution is 7.99. The fourth-order valence-corrected chi connectivity index (χ4v) is 2.73. The number of hydrogen-bond donors (Lipinski definition) is 1. The van der Waals surface area contributed by atoms with E-state index in [0.29, 0.717) is 5.76 Å². The van der Waals surface area contributed by atoms with Crippen LogP contribution >= 0.6 is 11.8 Å². The van der Waals surface area contributed by atoms with Gasteiger partial charge in [0.05, 0.1) is 5.69 Å². The molecule has 2 rings (SSSR count). The first kappa shape index (κ1) is 11.5. The van der Waals surface area contributed by atoms with Gasteiger partial charge in [0, 0.05) is 17.9 Å². The van der Waals surface area contributed by atoms with Crippen LogP contribution in [0.25, 0.3) is 0 Å². The highest BCUT2D eigenvalue weighted by atomic mass is 32.2. The van der Waals surface area contributed by atoms with E-state index in [2.05, 4.69) is 10.5 Å². The van der Waals surface area contributed by atoms with Gasteiger partial charge in [-0.25, -0.2) is 0 Å². The molecule has 1 N–H and O–H groups in total. The Morgan fingerprint density at radius 3 is 3.06 bits per heavy atom. The van der Waals surface area contributed by atoms with Gasteiger partial charge in [0.25, 0.3) is 5.91 Å². The zero-order chi connectivity index (χ0) is 11.5. The first-order chi connectivity index (χ1) is 7.66. The largest absolute Gasteiger partial charge is 0.351 e. The summed E-state index contributed by atoms with van der Waals surface area (Å²) in [6.45, 7) is 4.04. The highest BCUT2D eigenvalue weighted by Crippen LogP contribution is 2.18. The second kappa shape index (κ2) is 4.91. The van der Waals surface area contributed by atoms with Gasteiger partial charge in [0.1, 0.15) is 0 Å². The molecule has 1 amide bonds. The van der Waals surface area contributed by atoms with Crippen molar-refractivity contribution in [2.45, 2.75) is 32.2 Å². The minimum absolute atomic E-state index is 0.146. The first-order valence-electron chi connectivity index (χ1n) is 5.52. The van der Waals surface area contributed by atoms with Crippen LogP contribution in [-0.4, -0.2) is 28.6 Å². The molecule has 0 aromatic carbocycles. The van der Waals surface area contributed by atoms with Crippen molar-refractivity contribution in [1.29, 1.82) is 0 Å². The summed E-state index contributed by atoms with van der Waals surface area (Å²) in [5.41, 5.74) is 0.825. The zero-order valence-corrected chi connectivity index (χ0v) is 10.3. The Hall–Kier alpha value is -0.970. The molecule has 4 nitrogen and oxygen atoms in total. The highest BCUT2D eigenvalue weighted by Gasteiger charge is 2.21. The molecular formula is C11H16N2O2S. The summed E-state index contributed by atoms with van der Waals surface area (Å²) >= 11 is 1.87. The molecule has 1 unspecified atom stereocenters. The van der Waals surface area contributed by atoms with Crippen molar-refractivity contribution in [2.75, 3.05) is 11.5 Å². The van der Waals surface area contributed by atoms with Crippen molar-refractivity contribution in [3.63, 3.8) is 0 Å². The van der Waals surface area contributed by atoms with Crippen LogP contribution in [0.4, 0.5) is 0 Å². The lowest BCUT2D eigenvalue weighted by Crippen LogP contribution is -2.34. The summed E-state index contributed by atoms with van der Waals surface area (Å²) in [6, 6.07) is 2.01. The van der Waals surface area contributed by atoms with Gasteiger partial charge >= 0.3 is 0 Å². The fraction of sp³-hybridized carbons (Fsp3) is 0.636. The van der Waals surface area contributed by atoms with E-state index in [9.17, 15) is 4.79 Å². The third-order valence-corrected chi connectivity index (χ3v) is 3.77. The molecule has 0 bridgehead atoms. The van der Waals surface area contributed by atoms with Crippen molar-refractivity contribution < 1.29 is 9.32 Å². The molecular weight excluding hydrogens is 224 g/mol. The number of nitrogens with one attached hydrogen (secondary N) is 1. The van der Waals surface area contributed by atoms with Crippen LogP contribution in [0.15, 0.2) is 10.6 Å². The summed E-state index contributed by atoms with van der Waals surface area (Å²) in [5, 5.41) is 6.82. The van der Waals surface area contributed by atoms with Crippen LogP contribution < -0.4 is 5.32 Å². The summed E-state index contributed by atoms with van der Waals surface area (Å²) in [5.74, 6) is 2.58. The number of thioether (sulfide) groups is 1. The molecule has 1 aromatic rings. The smallest absolute Gasteiger partial charge is 0.290 e. The molecule has 16 heavy (non-hydrogen) atoms. The number of nitrogens with zero attached hydrogens (tertiary/aromatic N) is 1. The van der Waals surface area contributed by atoms with Crippen LogP contribution in [0.3, 0.4) is 0 Å². The molecule has 1 fully saturated rings. The normalized spacial score (nSPS) is 20.3. The van der Waals surface area contributed by atoms with E-state index in [0.717, 1.165) is 23.6 Å². The van der Waals surface area contributed by atoms with Crippen molar-refractivity contribution in [3.8, 4) is 0 Å². The van der Waals surface area contributed by atoms with Crippen LogP contribution in [0.1, 0.15) is 42.4 Å². The van der Waals surface area contributed by atoms with Crippen LogP contribution in [0.2, 0.25) is 0 Å². The monoisotopic (exact) mass is 240 g/mol. The number of hydrogen-bond acceptors (Lipinski definition) is 4. The summed E-state index contributed by atoms with van der Waals surface area (Å²) in [4.78, 5) is 11.8. The minimum atomic E-state index is -0.146. The van der Waals surface area contributed by atoms with Crippen molar-refractivity contribution >= 4 is 17.7 Å². The average molecular weight is 240 g/mol. The average Bonchev–Trinajstić information content (AvgIpc) is 2.86. The van der Waals surface area contributed by atoms with Gasteiger partial charge in [-0.1, -0.05) is 19.0 Å². The van der Waals surface area contributed by atoms with Gasteiger partial charge in [-0.2, -0.15) is 11.8 Å². The molecule has 88 valence electrons. The van der Waals surface area contributed by atoms with Crippen molar-refractivity contribution in [2.24, 2.45) is 0 Å². The standard InChI is InChI=1S/C11H16N2O2S/c1-7(2)9-5-10(15-13-9)11(14)12-8-3-4-16-6-8/h5,7-8H,3-4,6H2,1-2H3,(H,12,14). The number of carbonyl (C=O) groups is 1. The van der Waals surface area contributed by atoms with Gasteiger partial charge in [0.15, 0.2) is 0 Å². The Balaban J connectivity index is 1.97. The maximum absolute atomic E-state index is 11.8. The summed E-state index contributed by atoms with van der Waals surface area (Å²) < 4.78 is 5.03. The summed E-state index contributed by atoms with van der Waals surface area (Å²) in [6.07, 6.45) is 1.04. The van der Waals surface area contributed by atoms with Gasteiger partial charge in [-0.05, 0) is 18.1 Å². The van der Waals surface area contributed by atoms with Gasteiger partial charge in [0.2, 0.25) is 5.76 Å². The Labute approximate surface area is 99.1 Å². The first-order valence-corrected chi connectivity index (χ1v) is 6.67. The molecule has 1 aliphatic rings. The molecule has 0 radical (unpaired) electrons.